The predicted octanol–water partition coefficient (Wildman–Crippen LogP) is 5.02. The highest BCUT2D eigenvalue weighted by atomic mass is 32.2. The number of benzene rings is 2. The maximum Gasteiger partial charge on any atom is 0.269 e. The van der Waals surface area contributed by atoms with Gasteiger partial charge in [-0.25, -0.2) is 4.98 Å². The number of rotatable bonds is 7. The summed E-state index contributed by atoms with van der Waals surface area (Å²) in [5.74, 6) is -0.232. The molecule has 5 rings (SSSR count). The van der Waals surface area contributed by atoms with E-state index >= 15 is 0 Å². The molecule has 0 saturated carbocycles. The Balaban J connectivity index is 1.42. The number of thiophene rings is 1. The van der Waals surface area contributed by atoms with Crippen LogP contribution in [-0.2, 0) is 24.2 Å². The normalized spacial score (nSPS) is 12.9. The third-order valence-corrected chi connectivity index (χ3v) is 8.08. The highest BCUT2D eigenvalue weighted by molar-refractivity contribution is 7.99. The van der Waals surface area contributed by atoms with Gasteiger partial charge < -0.3 is 5.32 Å². The lowest BCUT2D eigenvalue weighted by molar-refractivity contribution is -0.384. The van der Waals surface area contributed by atoms with E-state index in [4.69, 9.17) is 4.98 Å². The highest BCUT2D eigenvalue weighted by Gasteiger charge is 2.22. The van der Waals surface area contributed by atoms with Crippen LogP contribution in [0.4, 0.5) is 11.4 Å². The fourth-order valence-electron chi connectivity index (χ4n) is 4.23. The van der Waals surface area contributed by atoms with Crippen molar-refractivity contribution in [2.75, 3.05) is 11.1 Å². The number of anilines is 1. The molecule has 2 aromatic heterocycles. The fourth-order valence-corrected chi connectivity index (χ4v) is 6.33. The monoisotopic (exact) mass is 506 g/mol. The Bertz CT molecular complexity index is 1460. The van der Waals surface area contributed by atoms with Crippen LogP contribution in [0.1, 0.15) is 28.8 Å². The van der Waals surface area contributed by atoms with E-state index in [0.717, 1.165) is 47.0 Å². The molecule has 0 atom stereocenters. The lowest BCUT2D eigenvalue weighted by Crippen LogP contribution is -2.25. The Hall–Kier alpha value is -3.50. The van der Waals surface area contributed by atoms with Crippen molar-refractivity contribution in [1.82, 2.24) is 9.55 Å². The van der Waals surface area contributed by atoms with Crippen molar-refractivity contribution in [2.24, 2.45) is 0 Å². The highest BCUT2D eigenvalue weighted by Crippen LogP contribution is 2.35. The molecule has 0 unspecified atom stereocenters. The zero-order valence-electron chi connectivity index (χ0n) is 18.7. The number of nitro groups is 1. The van der Waals surface area contributed by atoms with Crippen molar-refractivity contribution >= 4 is 50.6 Å². The van der Waals surface area contributed by atoms with E-state index in [9.17, 15) is 19.7 Å². The van der Waals surface area contributed by atoms with Gasteiger partial charge in [-0.3, -0.25) is 24.3 Å². The van der Waals surface area contributed by atoms with E-state index in [2.05, 4.69) is 5.32 Å². The first-order valence-corrected chi connectivity index (χ1v) is 13.1. The first kappa shape index (κ1) is 23.3. The number of amides is 1. The molecular formula is C25H22N4O4S2. The molecule has 0 radical (unpaired) electrons. The van der Waals surface area contributed by atoms with E-state index in [1.807, 2.05) is 30.3 Å². The van der Waals surface area contributed by atoms with E-state index < -0.39 is 4.92 Å². The number of fused-ring (bicyclic) bond motifs is 3. The molecule has 4 aromatic rings. The standard InChI is InChI=1S/C25H22N4O4S2/c30-21(26-17-10-12-18(13-11-17)29(32)33)15-34-25-27-23-22(19-8-4-5-9-20(19)35-23)24(31)28(25)14-16-6-2-1-3-7-16/h1-3,6-7,10-13H,4-5,8-9,14-15H2,(H,26,30). The molecule has 0 spiro atoms. The third-order valence-electron chi connectivity index (χ3n) is 5.92. The van der Waals surface area contributed by atoms with E-state index in [1.165, 1.54) is 40.9 Å². The zero-order valence-corrected chi connectivity index (χ0v) is 20.4. The Kier molecular flexibility index (Phi) is 6.65. The van der Waals surface area contributed by atoms with Crippen LogP contribution in [-0.4, -0.2) is 26.1 Å². The summed E-state index contributed by atoms with van der Waals surface area (Å²) in [6.45, 7) is 0.375. The Morgan fingerprint density at radius 1 is 1.11 bits per heavy atom. The fraction of sp³-hybridized carbons (Fsp3) is 0.240. The summed E-state index contributed by atoms with van der Waals surface area (Å²) < 4.78 is 1.67. The number of hydrogen-bond donors (Lipinski definition) is 1. The number of aryl methyl sites for hydroxylation is 2. The molecule has 1 amide bonds. The number of nitrogens with one attached hydrogen (secondary N) is 1. The lowest BCUT2D eigenvalue weighted by Gasteiger charge is -2.14. The predicted molar refractivity (Wildman–Crippen MR) is 139 cm³/mol. The number of nitro benzene ring substituents is 1. The van der Waals surface area contributed by atoms with Crippen LogP contribution in [0.5, 0.6) is 0 Å². The second-order valence-corrected chi connectivity index (χ2v) is 10.3. The van der Waals surface area contributed by atoms with Crippen LogP contribution in [0.25, 0.3) is 10.2 Å². The Morgan fingerprint density at radius 3 is 2.60 bits per heavy atom. The maximum atomic E-state index is 13.7. The Morgan fingerprint density at radius 2 is 1.86 bits per heavy atom. The van der Waals surface area contributed by atoms with Gasteiger partial charge in [0, 0.05) is 22.7 Å². The number of nitrogens with zero attached hydrogens (tertiary/aromatic N) is 3. The maximum absolute atomic E-state index is 13.7. The number of aromatic nitrogens is 2. The van der Waals surface area contributed by atoms with Gasteiger partial charge in [-0.2, -0.15) is 0 Å². The second kappa shape index (κ2) is 10.0. The van der Waals surface area contributed by atoms with Crippen LogP contribution >= 0.6 is 23.1 Å². The van der Waals surface area contributed by atoms with Crippen molar-refractivity contribution in [3.05, 3.63) is 91.1 Å². The summed E-state index contributed by atoms with van der Waals surface area (Å²) in [5.41, 5.74) is 2.49. The van der Waals surface area contributed by atoms with Crippen LogP contribution in [0, 0.1) is 10.1 Å². The van der Waals surface area contributed by atoms with Crippen molar-refractivity contribution < 1.29 is 9.72 Å². The van der Waals surface area contributed by atoms with Gasteiger partial charge in [0.1, 0.15) is 4.83 Å². The molecule has 178 valence electrons. The number of non-ortho nitro benzene ring substituents is 1. The van der Waals surface area contributed by atoms with E-state index in [-0.39, 0.29) is 22.9 Å². The molecule has 8 nitrogen and oxygen atoms in total. The van der Waals surface area contributed by atoms with Gasteiger partial charge in [0.05, 0.1) is 22.6 Å². The zero-order chi connectivity index (χ0) is 24.4. The van der Waals surface area contributed by atoms with Crippen LogP contribution < -0.4 is 10.9 Å². The van der Waals surface area contributed by atoms with Gasteiger partial charge in [-0.05, 0) is 48.9 Å². The van der Waals surface area contributed by atoms with Gasteiger partial charge in [0.2, 0.25) is 5.91 Å². The van der Waals surface area contributed by atoms with Gasteiger partial charge >= 0.3 is 0 Å². The molecule has 1 aliphatic carbocycles. The molecule has 0 aliphatic heterocycles. The second-order valence-electron chi connectivity index (χ2n) is 8.30. The average molecular weight is 507 g/mol. The van der Waals surface area contributed by atoms with Gasteiger partial charge in [-0.1, -0.05) is 42.1 Å². The van der Waals surface area contributed by atoms with Crippen molar-refractivity contribution in [3.8, 4) is 0 Å². The summed E-state index contributed by atoms with van der Waals surface area (Å²) in [6.07, 6.45) is 4.09. The minimum absolute atomic E-state index is 0.0431. The smallest absolute Gasteiger partial charge is 0.269 e. The molecule has 0 fully saturated rings. The summed E-state index contributed by atoms with van der Waals surface area (Å²) in [6, 6.07) is 15.4. The minimum Gasteiger partial charge on any atom is -0.325 e. The van der Waals surface area contributed by atoms with Gasteiger partial charge in [0.25, 0.3) is 11.2 Å². The van der Waals surface area contributed by atoms with Crippen molar-refractivity contribution in [3.63, 3.8) is 0 Å². The summed E-state index contributed by atoms with van der Waals surface area (Å²) in [4.78, 5) is 43.4. The first-order valence-electron chi connectivity index (χ1n) is 11.3. The third kappa shape index (κ3) is 4.98. The number of thioether (sulfide) groups is 1. The van der Waals surface area contributed by atoms with Gasteiger partial charge in [-0.15, -0.1) is 11.3 Å². The molecule has 0 bridgehead atoms. The summed E-state index contributed by atoms with van der Waals surface area (Å²) >= 11 is 2.81. The van der Waals surface area contributed by atoms with E-state index in [1.54, 1.807) is 15.9 Å². The Labute approximate surface area is 209 Å². The molecule has 2 heterocycles. The van der Waals surface area contributed by atoms with E-state index in [0.29, 0.717) is 17.4 Å². The molecule has 35 heavy (non-hydrogen) atoms. The molecule has 10 heteroatoms. The number of hydrogen-bond acceptors (Lipinski definition) is 7. The largest absolute Gasteiger partial charge is 0.325 e. The molecule has 2 aromatic carbocycles. The number of carbonyl (C=O) groups excluding carboxylic acids is 1. The number of carbonyl (C=O) groups is 1. The van der Waals surface area contributed by atoms with Crippen molar-refractivity contribution in [2.45, 2.75) is 37.4 Å². The lowest BCUT2D eigenvalue weighted by atomic mass is 9.97. The molecule has 1 N–H and O–H groups in total. The van der Waals surface area contributed by atoms with Crippen LogP contribution in [0.2, 0.25) is 0 Å². The topological polar surface area (TPSA) is 107 Å². The minimum atomic E-state index is -0.488. The van der Waals surface area contributed by atoms with Crippen molar-refractivity contribution in [1.29, 1.82) is 0 Å². The quantitative estimate of drug-likeness (QED) is 0.163. The summed E-state index contributed by atoms with van der Waals surface area (Å²) in [7, 11) is 0. The molecule has 0 saturated heterocycles. The first-order chi connectivity index (χ1) is 17.0. The summed E-state index contributed by atoms with van der Waals surface area (Å²) in [5, 5.41) is 14.8. The van der Waals surface area contributed by atoms with Crippen LogP contribution in [0.3, 0.4) is 0 Å². The van der Waals surface area contributed by atoms with Crippen LogP contribution in [0.15, 0.2) is 64.5 Å². The van der Waals surface area contributed by atoms with Gasteiger partial charge in [0.15, 0.2) is 5.16 Å². The average Bonchev–Trinajstić information content (AvgIpc) is 3.24. The SMILES string of the molecule is O=C(CSc1nc2sc3c(c2c(=O)n1Cc1ccccc1)CCCC3)Nc1ccc([N+](=O)[O-])cc1. The molecule has 1 aliphatic rings. The molecular weight excluding hydrogens is 484 g/mol.